The molecule has 0 unspecified atom stereocenters. The maximum absolute atomic E-state index is 13.3. The van der Waals surface area contributed by atoms with Crippen molar-refractivity contribution in [2.24, 2.45) is 11.1 Å². The van der Waals surface area contributed by atoms with E-state index in [0.29, 0.717) is 12.2 Å². The lowest BCUT2D eigenvalue weighted by atomic mass is 10.1. The van der Waals surface area contributed by atoms with Crippen LogP contribution in [0.25, 0.3) is 0 Å². The summed E-state index contributed by atoms with van der Waals surface area (Å²) in [5, 5.41) is 35.6. The van der Waals surface area contributed by atoms with E-state index >= 15 is 0 Å². The Morgan fingerprint density at radius 3 is 2.77 bits per heavy atom. The number of hydrogen-bond acceptors (Lipinski definition) is 11. The number of anilines is 2. The van der Waals surface area contributed by atoms with Gasteiger partial charge in [0, 0.05) is 24.0 Å². The molecule has 2 heterocycles. The second-order valence-electron chi connectivity index (χ2n) is 8.90. The van der Waals surface area contributed by atoms with Gasteiger partial charge < -0.3 is 20.8 Å². The van der Waals surface area contributed by atoms with Crippen molar-refractivity contribution in [1.82, 2.24) is 19.7 Å². The molecule has 16 heteroatoms. The van der Waals surface area contributed by atoms with Crippen molar-refractivity contribution in [2.75, 3.05) is 23.1 Å². The number of aliphatic hydroxyl groups excluding tert-OH is 2. The summed E-state index contributed by atoms with van der Waals surface area (Å²) in [4.78, 5) is 32.8. The van der Waals surface area contributed by atoms with E-state index in [2.05, 4.69) is 29.9 Å². The maximum Gasteiger partial charge on any atom is 0.333 e. The van der Waals surface area contributed by atoms with E-state index in [1.165, 1.54) is 18.6 Å². The van der Waals surface area contributed by atoms with Crippen LogP contribution < -0.4 is 15.8 Å². The quantitative estimate of drug-likeness (QED) is 0.149. The number of nitrogens with one attached hydrogen (secondary N) is 2. The number of nitrogens with zero attached hydrogens (tertiary/aromatic N) is 4. The molecule has 208 valence electrons. The van der Waals surface area contributed by atoms with E-state index < -0.39 is 46.9 Å². The third-order valence-corrected chi connectivity index (χ3v) is 6.78. The minimum absolute atomic E-state index is 0.0828. The van der Waals surface area contributed by atoms with Crippen LogP contribution in [0.15, 0.2) is 49.1 Å². The number of carbonyl (C=O) groups is 2. The zero-order valence-electron chi connectivity index (χ0n) is 20.3. The summed E-state index contributed by atoms with van der Waals surface area (Å²) in [5.74, 6) is -1.60. The Hall–Kier alpha value is -3.47. The number of amides is 1. The molecule has 0 saturated heterocycles. The summed E-state index contributed by atoms with van der Waals surface area (Å²) in [6.07, 6.45) is 1.69. The first kappa shape index (κ1) is 28.5. The lowest BCUT2D eigenvalue weighted by Crippen LogP contribution is -2.36. The number of carbonyl (C=O) groups excluding carboxylic acids is 2. The van der Waals surface area contributed by atoms with Gasteiger partial charge in [-0.05, 0) is 30.2 Å². The fourth-order valence-corrected chi connectivity index (χ4v) is 4.67. The summed E-state index contributed by atoms with van der Waals surface area (Å²) in [6, 6.07) is 7.88. The van der Waals surface area contributed by atoms with Crippen LogP contribution in [0.2, 0.25) is 0 Å². The summed E-state index contributed by atoms with van der Waals surface area (Å²) in [6.45, 7) is -0.0907. The number of nitrogens with two attached hydrogens (primary N) is 1. The smallest absolute Gasteiger partial charge is 0.333 e. The van der Waals surface area contributed by atoms with Gasteiger partial charge in [-0.25, -0.2) is 15.1 Å². The lowest BCUT2D eigenvalue weighted by molar-refractivity contribution is -0.113. The highest BCUT2D eigenvalue weighted by molar-refractivity contribution is 7.84. The van der Waals surface area contributed by atoms with Gasteiger partial charge in [-0.2, -0.15) is 13.5 Å². The molecule has 4 atom stereocenters. The molecule has 2 aromatic heterocycles. The lowest BCUT2D eigenvalue weighted by Gasteiger charge is -2.19. The van der Waals surface area contributed by atoms with Crippen molar-refractivity contribution in [3.8, 4) is 0 Å². The van der Waals surface area contributed by atoms with Crippen LogP contribution in [0.4, 0.5) is 11.5 Å². The van der Waals surface area contributed by atoms with Crippen LogP contribution in [0, 0.1) is 5.92 Å². The van der Waals surface area contributed by atoms with Gasteiger partial charge in [-0.1, -0.05) is 12.1 Å². The van der Waals surface area contributed by atoms with Gasteiger partial charge >= 0.3 is 10.3 Å². The number of ketones is 1. The number of aromatic nitrogens is 4. The van der Waals surface area contributed by atoms with E-state index in [9.17, 15) is 28.2 Å². The van der Waals surface area contributed by atoms with Crippen LogP contribution in [-0.4, -0.2) is 80.8 Å². The monoisotopic (exact) mass is 579 g/mol. The summed E-state index contributed by atoms with van der Waals surface area (Å²) in [7, 11) is -4.21. The molecule has 6 N–H and O–H groups in total. The maximum atomic E-state index is 13.3. The van der Waals surface area contributed by atoms with Crippen molar-refractivity contribution >= 4 is 45.1 Å². The molecule has 4 rings (SSSR count). The molecule has 0 bridgehead atoms. The summed E-state index contributed by atoms with van der Waals surface area (Å²) in [5.41, 5.74) is 1.60. The molecule has 1 aliphatic carbocycles. The highest BCUT2D eigenvalue weighted by Crippen LogP contribution is 2.30. The number of benzene rings is 1. The van der Waals surface area contributed by atoms with E-state index in [1.807, 2.05) is 6.07 Å². The minimum Gasteiger partial charge on any atom is -0.390 e. The summed E-state index contributed by atoms with van der Waals surface area (Å²) < 4.78 is 28.3. The molecule has 1 aliphatic rings. The van der Waals surface area contributed by atoms with Crippen LogP contribution in [0.3, 0.4) is 0 Å². The fraction of sp³-hybridized carbons (Fsp3) is 0.348. The topological polar surface area (TPSA) is 212 Å². The Kier molecular flexibility index (Phi) is 8.89. The molecule has 0 aliphatic heterocycles. The summed E-state index contributed by atoms with van der Waals surface area (Å²) >= 11 is 5.54. The average Bonchev–Trinajstić information content (AvgIpc) is 3.47. The molecule has 1 fully saturated rings. The molecule has 1 saturated carbocycles. The van der Waals surface area contributed by atoms with Crippen LogP contribution in [0.5, 0.6) is 0 Å². The molecule has 0 spiro atoms. The van der Waals surface area contributed by atoms with Gasteiger partial charge in [-0.3, -0.25) is 18.5 Å². The second-order valence-corrected chi connectivity index (χ2v) is 10.4. The average molecular weight is 580 g/mol. The first-order chi connectivity index (χ1) is 18.5. The van der Waals surface area contributed by atoms with Crippen molar-refractivity contribution in [2.45, 2.75) is 31.2 Å². The van der Waals surface area contributed by atoms with Crippen molar-refractivity contribution in [1.29, 1.82) is 0 Å². The number of aliphatic hydroxyl groups is 2. The molecular formula is C23H26ClN7O7S. The van der Waals surface area contributed by atoms with E-state index in [-0.39, 0.29) is 35.3 Å². The van der Waals surface area contributed by atoms with Crippen LogP contribution >= 0.6 is 11.6 Å². The number of hydrogen-bond donors (Lipinski definition) is 5. The van der Waals surface area contributed by atoms with Gasteiger partial charge in [0.25, 0.3) is 0 Å². The Morgan fingerprint density at radius 1 is 1.23 bits per heavy atom. The Labute approximate surface area is 228 Å². The fourth-order valence-electron chi connectivity index (χ4n) is 4.24. The van der Waals surface area contributed by atoms with Gasteiger partial charge in [-0.15, -0.1) is 11.6 Å². The zero-order valence-corrected chi connectivity index (χ0v) is 21.9. The van der Waals surface area contributed by atoms with Crippen molar-refractivity contribution < 1.29 is 32.4 Å². The zero-order chi connectivity index (χ0) is 28.2. The third kappa shape index (κ3) is 7.35. The third-order valence-electron chi connectivity index (χ3n) is 6.08. The van der Waals surface area contributed by atoms with Crippen LogP contribution in [-0.2, 0) is 25.8 Å². The van der Waals surface area contributed by atoms with Crippen molar-refractivity contribution in [3.63, 3.8) is 0 Å². The van der Waals surface area contributed by atoms with Crippen molar-refractivity contribution in [3.05, 3.63) is 65.9 Å². The van der Waals surface area contributed by atoms with E-state index in [1.54, 1.807) is 29.1 Å². The van der Waals surface area contributed by atoms with Gasteiger partial charge in [0.1, 0.15) is 29.8 Å². The largest absolute Gasteiger partial charge is 0.390 e. The molecule has 0 radical (unpaired) electrons. The molecule has 3 aromatic rings. The van der Waals surface area contributed by atoms with Gasteiger partial charge in [0.2, 0.25) is 11.7 Å². The van der Waals surface area contributed by atoms with E-state index in [0.717, 1.165) is 5.56 Å². The number of rotatable bonds is 11. The first-order valence-electron chi connectivity index (χ1n) is 11.7. The Balaban J connectivity index is 1.45. The number of alkyl halides is 1. The predicted molar refractivity (Wildman–Crippen MR) is 139 cm³/mol. The highest BCUT2D eigenvalue weighted by Gasteiger charge is 2.42. The number of halogens is 1. The molecular weight excluding hydrogens is 554 g/mol. The molecule has 14 nitrogen and oxygen atoms in total. The van der Waals surface area contributed by atoms with Gasteiger partial charge in [0.05, 0.1) is 30.9 Å². The Bertz CT molecular complexity index is 1450. The second kappa shape index (κ2) is 12.1. The predicted octanol–water partition coefficient (Wildman–Crippen LogP) is -0.128. The Morgan fingerprint density at radius 2 is 2.03 bits per heavy atom. The molecule has 39 heavy (non-hydrogen) atoms. The normalized spacial score (nSPS) is 21.0. The molecule has 1 aromatic carbocycles. The molecule has 1 amide bonds. The first-order valence-corrected chi connectivity index (χ1v) is 13.7. The van der Waals surface area contributed by atoms with Gasteiger partial charge in [0.15, 0.2) is 0 Å². The van der Waals surface area contributed by atoms with Crippen LogP contribution in [0.1, 0.15) is 28.0 Å². The highest BCUT2D eigenvalue weighted by atomic mass is 35.5. The SMILES string of the molecule is NS(=O)(=O)OC[C@H]1C[C@@H](Nc2ncncc2C(=O)c2ccn(Cc3cccc(NC(=O)CCl)c3)n2)[C@H](O)[C@@H]1O. The standard InChI is InChI=1S/C23H26ClN7O7S/c24-8-19(32)28-15-3-1-2-13(6-15)10-31-5-4-17(30-31)21(34)16-9-26-12-27-23(16)29-18-7-14(20(33)22(18)35)11-38-39(25,36)37/h1-6,9,12,14,18,20,22,33,35H,7-8,10-11H2,(H,28,32)(H2,25,36,37)(H,26,27,29)/t14-,18-,20-,22+/m1/s1. The van der Waals surface area contributed by atoms with E-state index in [4.69, 9.17) is 16.7 Å². The minimum atomic E-state index is -4.21.